The lowest BCUT2D eigenvalue weighted by atomic mass is 10.2. The first-order valence-electron chi connectivity index (χ1n) is 8.74. The van der Waals surface area contributed by atoms with Crippen LogP contribution in [0.2, 0.25) is 0 Å². The SMILES string of the molecule is CCOC(=O)c1ccccc1NC(=O)N1CCN(Cc2ccco2)CC1. The number of carbonyl (C=O) groups is 2. The van der Waals surface area contributed by atoms with Gasteiger partial charge in [0.25, 0.3) is 0 Å². The number of para-hydroxylation sites is 1. The normalized spacial score (nSPS) is 14.9. The summed E-state index contributed by atoms with van der Waals surface area (Å²) in [5.41, 5.74) is 0.827. The van der Waals surface area contributed by atoms with Crippen LogP contribution in [0.15, 0.2) is 47.1 Å². The van der Waals surface area contributed by atoms with Gasteiger partial charge in [0.05, 0.1) is 30.7 Å². The Morgan fingerprint density at radius 3 is 2.58 bits per heavy atom. The summed E-state index contributed by atoms with van der Waals surface area (Å²) in [7, 11) is 0. The fraction of sp³-hybridized carbons (Fsp3) is 0.368. The Bertz CT molecular complexity index is 737. The second-order valence-electron chi connectivity index (χ2n) is 6.04. The lowest BCUT2D eigenvalue weighted by molar-refractivity contribution is 0.0527. The van der Waals surface area contributed by atoms with Gasteiger partial charge in [0.2, 0.25) is 0 Å². The number of anilines is 1. The highest BCUT2D eigenvalue weighted by atomic mass is 16.5. The van der Waals surface area contributed by atoms with Gasteiger partial charge in [-0.2, -0.15) is 0 Å². The van der Waals surface area contributed by atoms with Gasteiger partial charge < -0.3 is 19.4 Å². The van der Waals surface area contributed by atoms with Crippen molar-refractivity contribution in [3.05, 3.63) is 54.0 Å². The first kappa shape index (κ1) is 18.0. The zero-order valence-electron chi connectivity index (χ0n) is 14.8. The molecule has 0 radical (unpaired) electrons. The van der Waals surface area contributed by atoms with Gasteiger partial charge in [-0.25, -0.2) is 9.59 Å². The summed E-state index contributed by atoms with van der Waals surface area (Å²) >= 11 is 0. The number of hydrogen-bond acceptors (Lipinski definition) is 5. The molecule has 1 fully saturated rings. The van der Waals surface area contributed by atoms with E-state index in [1.54, 1.807) is 42.4 Å². The topological polar surface area (TPSA) is 75.0 Å². The molecule has 2 amide bonds. The van der Waals surface area contributed by atoms with Gasteiger partial charge in [0, 0.05) is 26.2 Å². The molecule has 0 spiro atoms. The van der Waals surface area contributed by atoms with Crippen molar-refractivity contribution in [3.8, 4) is 0 Å². The van der Waals surface area contributed by atoms with Crippen LogP contribution in [0.3, 0.4) is 0 Å². The van der Waals surface area contributed by atoms with E-state index < -0.39 is 5.97 Å². The molecule has 0 unspecified atom stereocenters. The molecule has 0 bridgehead atoms. The number of benzene rings is 1. The molecule has 7 nitrogen and oxygen atoms in total. The molecule has 1 saturated heterocycles. The number of hydrogen-bond donors (Lipinski definition) is 1. The van der Waals surface area contributed by atoms with Gasteiger partial charge in [-0.3, -0.25) is 4.90 Å². The summed E-state index contributed by atoms with van der Waals surface area (Å²) in [5.74, 6) is 0.484. The minimum Gasteiger partial charge on any atom is -0.468 e. The molecule has 0 saturated carbocycles. The van der Waals surface area contributed by atoms with Gasteiger partial charge in [0.1, 0.15) is 5.76 Å². The Morgan fingerprint density at radius 1 is 1.12 bits per heavy atom. The van der Waals surface area contributed by atoms with Gasteiger partial charge >= 0.3 is 12.0 Å². The fourth-order valence-electron chi connectivity index (χ4n) is 2.91. The standard InChI is InChI=1S/C19H23N3O4/c1-2-25-18(23)16-7-3-4-8-17(16)20-19(24)22-11-9-21(10-12-22)14-15-6-5-13-26-15/h3-8,13H,2,9-12,14H2,1H3,(H,20,24). The van der Waals surface area contributed by atoms with Crippen molar-refractivity contribution in [2.75, 3.05) is 38.1 Å². The highest BCUT2D eigenvalue weighted by Gasteiger charge is 2.23. The van der Waals surface area contributed by atoms with Crippen LogP contribution in [0, 0.1) is 0 Å². The van der Waals surface area contributed by atoms with E-state index in [0.717, 1.165) is 25.4 Å². The van der Waals surface area contributed by atoms with E-state index in [4.69, 9.17) is 9.15 Å². The van der Waals surface area contributed by atoms with Crippen molar-refractivity contribution < 1.29 is 18.7 Å². The Morgan fingerprint density at radius 2 is 1.88 bits per heavy atom. The molecule has 2 heterocycles. The summed E-state index contributed by atoms with van der Waals surface area (Å²) in [4.78, 5) is 28.6. The third-order valence-electron chi connectivity index (χ3n) is 4.28. The maximum atomic E-state index is 12.5. The maximum Gasteiger partial charge on any atom is 0.340 e. The van der Waals surface area contributed by atoms with Crippen LogP contribution in [-0.2, 0) is 11.3 Å². The molecule has 7 heteroatoms. The van der Waals surface area contributed by atoms with Crippen molar-refractivity contribution >= 4 is 17.7 Å². The number of carbonyl (C=O) groups excluding carboxylic acids is 2. The van der Waals surface area contributed by atoms with Gasteiger partial charge in [-0.1, -0.05) is 12.1 Å². The number of furan rings is 1. The summed E-state index contributed by atoms with van der Waals surface area (Å²) in [6, 6.07) is 10.5. The summed E-state index contributed by atoms with van der Waals surface area (Å²) in [6.07, 6.45) is 1.67. The molecule has 0 aliphatic carbocycles. The molecule has 1 aliphatic heterocycles. The second kappa shape index (κ2) is 8.53. The Hall–Kier alpha value is -2.80. The number of esters is 1. The van der Waals surface area contributed by atoms with E-state index in [1.807, 2.05) is 12.1 Å². The van der Waals surface area contributed by atoms with Crippen molar-refractivity contribution in [3.63, 3.8) is 0 Å². The van der Waals surface area contributed by atoms with E-state index >= 15 is 0 Å². The lowest BCUT2D eigenvalue weighted by Crippen LogP contribution is -2.49. The summed E-state index contributed by atoms with van der Waals surface area (Å²) < 4.78 is 10.4. The van der Waals surface area contributed by atoms with E-state index in [2.05, 4.69) is 10.2 Å². The highest BCUT2D eigenvalue weighted by Crippen LogP contribution is 2.17. The zero-order valence-corrected chi connectivity index (χ0v) is 14.8. The molecule has 26 heavy (non-hydrogen) atoms. The number of urea groups is 1. The van der Waals surface area contributed by atoms with Gasteiger partial charge in [-0.05, 0) is 31.2 Å². The number of piperazine rings is 1. The van der Waals surface area contributed by atoms with Crippen molar-refractivity contribution in [1.29, 1.82) is 0 Å². The summed E-state index contributed by atoms with van der Waals surface area (Å²) in [5, 5.41) is 2.83. The first-order chi connectivity index (χ1) is 12.7. The average molecular weight is 357 g/mol. The van der Waals surface area contributed by atoms with Crippen molar-refractivity contribution in [1.82, 2.24) is 9.80 Å². The highest BCUT2D eigenvalue weighted by molar-refractivity contribution is 6.00. The number of ether oxygens (including phenoxy) is 1. The van der Waals surface area contributed by atoms with Crippen molar-refractivity contribution in [2.24, 2.45) is 0 Å². The first-order valence-corrected chi connectivity index (χ1v) is 8.74. The molecule has 0 atom stereocenters. The number of nitrogens with one attached hydrogen (secondary N) is 1. The molecule has 1 N–H and O–H groups in total. The molecule has 1 aromatic carbocycles. The Balaban J connectivity index is 1.55. The summed E-state index contributed by atoms with van der Waals surface area (Å²) in [6.45, 7) is 5.57. The molecule has 1 aromatic heterocycles. The lowest BCUT2D eigenvalue weighted by Gasteiger charge is -2.34. The number of rotatable bonds is 5. The predicted molar refractivity (Wildman–Crippen MR) is 97.0 cm³/mol. The molecular formula is C19H23N3O4. The van der Waals surface area contributed by atoms with E-state index in [1.165, 1.54) is 0 Å². The van der Waals surface area contributed by atoms with Crippen LogP contribution >= 0.6 is 0 Å². The second-order valence-corrected chi connectivity index (χ2v) is 6.04. The van der Waals surface area contributed by atoms with Gasteiger partial charge in [-0.15, -0.1) is 0 Å². The van der Waals surface area contributed by atoms with Gasteiger partial charge in [0.15, 0.2) is 0 Å². The Kier molecular flexibility index (Phi) is 5.91. The van der Waals surface area contributed by atoms with Crippen LogP contribution in [0.5, 0.6) is 0 Å². The largest absolute Gasteiger partial charge is 0.468 e. The van der Waals surface area contributed by atoms with Crippen LogP contribution in [0.25, 0.3) is 0 Å². The fourth-order valence-corrected chi connectivity index (χ4v) is 2.91. The Labute approximate surface area is 152 Å². The third-order valence-corrected chi connectivity index (χ3v) is 4.28. The van der Waals surface area contributed by atoms with E-state index in [-0.39, 0.29) is 6.03 Å². The molecule has 138 valence electrons. The molecular weight excluding hydrogens is 334 g/mol. The van der Waals surface area contributed by atoms with E-state index in [9.17, 15) is 9.59 Å². The third kappa shape index (κ3) is 4.43. The van der Waals surface area contributed by atoms with Crippen LogP contribution in [-0.4, -0.2) is 54.6 Å². The predicted octanol–water partition coefficient (Wildman–Crippen LogP) is 2.81. The van der Waals surface area contributed by atoms with E-state index in [0.29, 0.717) is 30.9 Å². The monoisotopic (exact) mass is 357 g/mol. The zero-order chi connectivity index (χ0) is 18.4. The number of nitrogens with zero attached hydrogens (tertiary/aromatic N) is 2. The molecule has 3 rings (SSSR count). The minimum absolute atomic E-state index is 0.209. The number of amides is 2. The van der Waals surface area contributed by atoms with Crippen LogP contribution in [0.4, 0.5) is 10.5 Å². The molecule has 1 aliphatic rings. The maximum absolute atomic E-state index is 12.5. The van der Waals surface area contributed by atoms with Crippen molar-refractivity contribution in [2.45, 2.75) is 13.5 Å². The molecule has 2 aromatic rings. The van der Waals surface area contributed by atoms with Crippen LogP contribution in [0.1, 0.15) is 23.0 Å². The quantitative estimate of drug-likeness (QED) is 0.833. The van der Waals surface area contributed by atoms with Crippen LogP contribution < -0.4 is 5.32 Å². The average Bonchev–Trinajstić information content (AvgIpc) is 3.16. The minimum atomic E-state index is -0.438. The smallest absolute Gasteiger partial charge is 0.340 e.